The first kappa shape index (κ1) is 11.9. The van der Waals surface area contributed by atoms with Crippen LogP contribution < -0.4 is 5.32 Å². The molecule has 0 bridgehead atoms. The lowest BCUT2D eigenvalue weighted by molar-refractivity contribution is 0.517. The number of benzene rings is 1. The van der Waals surface area contributed by atoms with Gasteiger partial charge in [0.2, 0.25) is 0 Å². The molecule has 17 heavy (non-hydrogen) atoms. The Labute approximate surface area is 101 Å². The van der Waals surface area contributed by atoms with Gasteiger partial charge in [0.25, 0.3) is 0 Å². The normalized spacial score (nSPS) is 15.8. The van der Waals surface area contributed by atoms with E-state index >= 15 is 0 Å². The van der Waals surface area contributed by atoms with E-state index < -0.39 is 0 Å². The van der Waals surface area contributed by atoms with Gasteiger partial charge in [-0.1, -0.05) is 25.7 Å². The van der Waals surface area contributed by atoms with Crippen LogP contribution in [0.15, 0.2) is 18.2 Å². The van der Waals surface area contributed by atoms with Crippen molar-refractivity contribution in [3.05, 3.63) is 29.6 Å². The van der Waals surface area contributed by atoms with Gasteiger partial charge in [-0.05, 0) is 30.5 Å². The molecule has 0 amide bonds. The van der Waals surface area contributed by atoms with E-state index in [4.69, 9.17) is 5.26 Å². The van der Waals surface area contributed by atoms with Crippen LogP contribution in [0.25, 0.3) is 0 Å². The molecule has 0 spiro atoms. The number of nitrogens with zero attached hydrogens (tertiary/aromatic N) is 1. The Hall–Kier alpha value is -1.56. The van der Waals surface area contributed by atoms with Crippen LogP contribution in [0.2, 0.25) is 0 Å². The second kappa shape index (κ2) is 5.67. The van der Waals surface area contributed by atoms with E-state index in [1.165, 1.54) is 31.7 Å². The number of halogens is 1. The smallest absolute Gasteiger partial charge is 0.147 e. The Bertz CT molecular complexity index is 417. The molecule has 1 fully saturated rings. The Morgan fingerprint density at radius 3 is 2.76 bits per heavy atom. The maximum atomic E-state index is 13.5. The number of nitrogens with one attached hydrogen (secondary N) is 1. The first-order valence-electron chi connectivity index (χ1n) is 6.23. The van der Waals surface area contributed by atoms with Crippen molar-refractivity contribution in [3.63, 3.8) is 0 Å². The number of hydrogen-bond donors (Lipinski definition) is 1. The molecule has 1 N–H and O–H groups in total. The molecule has 1 aromatic rings. The van der Waals surface area contributed by atoms with Crippen LogP contribution in [-0.4, -0.2) is 6.54 Å². The molecular formula is C14H17FN2. The van der Waals surface area contributed by atoms with Crippen LogP contribution in [0.5, 0.6) is 0 Å². The molecule has 2 nitrogen and oxygen atoms in total. The number of anilines is 1. The Balaban J connectivity index is 1.84. The Morgan fingerprint density at radius 1 is 1.35 bits per heavy atom. The van der Waals surface area contributed by atoms with Crippen molar-refractivity contribution in [2.45, 2.75) is 32.1 Å². The van der Waals surface area contributed by atoms with Gasteiger partial charge in [-0.3, -0.25) is 0 Å². The largest absolute Gasteiger partial charge is 0.383 e. The summed E-state index contributed by atoms with van der Waals surface area (Å²) in [6, 6.07) is 6.49. The van der Waals surface area contributed by atoms with Crippen molar-refractivity contribution in [1.82, 2.24) is 0 Å². The van der Waals surface area contributed by atoms with E-state index in [1.54, 1.807) is 12.1 Å². The molecule has 0 heterocycles. The molecule has 0 aliphatic heterocycles. The van der Waals surface area contributed by atoms with Gasteiger partial charge in [-0.2, -0.15) is 5.26 Å². The Kier molecular flexibility index (Phi) is 3.98. The fourth-order valence-electron chi connectivity index (χ4n) is 2.44. The predicted molar refractivity (Wildman–Crippen MR) is 66.2 cm³/mol. The summed E-state index contributed by atoms with van der Waals surface area (Å²) >= 11 is 0. The van der Waals surface area contributed by atoms with Crippen molar-refractivity contribution >= 4 is 5.69 Å². The van der Waals surface area contributed by atoms with E-state index in [0.29, 0.717) is 11.3 Å². The second-order valence-corrected chi connectivity index (χ2v) is 4.67. The maximum absolute atomic E-state index is 13.5. The third-order valence-corrected chi connectivity index (χ3v) is 3.44. The fourth-order valence-corrected chi connectivity index (χ4v) is 2.44. The lowest BCUT2D eigenvalue weighted by Crippen LogP contribution is -2.07. The molecule has 2 rings (SSSR count). The van der Waals surface area contributed by atoms with E-state index in [1.807, 2.05) is 6.07 Å². The predicted octanol–water partition coefficient (Wildman–Crippen LogP) is 3.69. The molecule has 3 heteroatoms. The van der Waals surface area contributed by atoms with Gasteiger partial charge in [0.1, 0.15) is 5.82 Å². The average Bonchev–Trinajstić information content (AvgIpc) is 2.84. The molecule has 0 unspecified atom stereocenters. The molecule has 0 saturated heterocycles. The minimum Gasteiger partial charge on any atom is -0.383 e. The third kappa shape index (κ3) is 3.20. The minimum absolute atomic E-state index is 0.338. The van der Waals surface area contributed by atoms with E-state index in [0.717, 1.165) is 18.9 Å². The van der Waals surface area contributed by atoms with E-state index in [9.17, 15) is 4.39 Å². The van der Waals surface area contributed by atoms with Crippen molar-refractivity contribution < 1.29 is 4.39 Å². The van der Waals surface area contributed by atoms with Crippen LogP contribution in [-0.2, 0) is 0 Å². The summed E-state index contributed by atoms with van der Waals surface area (Å²) in [4.78, 5) is 0. The van der Waals surface area contributed by atoms with Crippen molar-refractivity contribution in [2.24, 2.45) is 5.92 Å². The van der Waals surface area contributed by atoms with Gasteiger partial charge in [0.05, 0.1) is 17.3 Å². The summed E-state index contributed by atoms with van der Waals surface area (Å²) in [7, 11) is 0. The lowest BCUT2D eigenvalue weighted by atomic mass is 10.0. The van der Waals surface area contributed by atoms with Crippen molar-refractivity contribution in [3.8, 4) is 6.07 Å². The summed E-state index contributed by atoms with van der Waals surface area (Å²) in [5, 5.41) is 11.7. The summed E-state index contributed by atoms with van der Waals surface area (Å²) in [6.07, 6.45) is 6.43. The van der Waals surface area contributed by atoms with Crippen molar-refractivity contribution in [2.75, 3.05) is 11.9 Å². The summed E-state index contributed by atoms with van der Waals surface area (Å²) in [5.74, 6) is 0.472. The fraction of sp³-hybridized carbons (Fsp3) is 0.500. The minimum atomic E-state index is -0.338. The molecular weight excluding hydrogens is 215 g/mol. The quantitative estimate of drug-likeness (QED) is 0.859. The van der Waals surface area contributed by atoms with Gasteiger partial charge in [-0.15, -0.1) is 0 Å². The van der Waals surface area contributed by atoms with Crippen LogP contribution >= 0.6 is 0 Å². The van der Waals surface area contributed by atoms with Gasteiger partial charge < -0.3 is 5.32 Å². The van der Waals surface area contributed by atoms with Crippen molar-refractivity contribution in [1.29, 1.82) is 5.26 Å². The van der Waals surface area contributed by atoms with Gasteiger partial charge in [0.15, 0.2) is 0 Å². The summed E-state index contributed by atoms with van der Waals surface area (Å²) < 4.78 is 13.5. The highest BCUT2D eigenvalue weighted by Crippen LogP contribution is 2.27. The zero-order chi connectivity index (χ0) is 12.1. The number of nitriles is 1. The second-order valence-electron chi connectivity index (χ2n) is 4.67. The molecule has 0 atom stereocenters. The van der Waals surface area contributed by atoms with E-state index in [2.05, 4.69) is 5.32 Å². The lowest BCUT2D eigenvalue weighted by Gasteiger charge is -2.11. The highest BCUT2D eigenvalue weighted by molar-refractivity contribution is 5.48. The highest BCUT2D eigenvalue weighted by atomic mass is 19.1. The molecule has 1 aliphatic carbocycles. The van der Waals surface area contributed by atoms with Crippen LogP contribution in [0.1, 0.15) is 37.7 Å². The average molecular weight is 232 g/mol. The van der Waals surface area contributed by atoms with E-state index in [-0.39, 0.29) is 5.82 Å². The molecule has 90 valence electrons. The zero-order valence-corrected chi connectivity index (χ0v) is 9.88. The molecule has 0 aromatic heterocycles. The molecule has 0 radical (unpaired) electrons. The number of hydrogen-bond acceptors (Lipinski definition) is 2. The standard InChI is InChI=1S/C14H17FN2/c15-13-9-12(10-16)5-6-14(13)17-8-7-11-3-1-2-4-11/h5-6,9,11,17H,1-4,7-8H2. The first-order chi connectivity index (χ1) is 8.29. The van der Waals surface area contributed by atoms with Crippen LogP contribution in [0, 0.1) is 23.1 Å². The first-order valence-corrected chi connectivity index (χ1v) is 6.23. The molecule has 1 aliphatic rings. The summed E-state index contributed by atoms with van der Waals surface area (Å²) in [5.41, 5.74) is 0.867. The summed E-state index contributed by atoms with van der Waals surface area (Å²) in [6.45, 7) is 0.813. The highest BCUT2D eigenvalue weighted by Gasteiger charge is 2.14. The van der Waals surface area contributed by atoms with Crippen LogP contribution in [0.4, 0.5) is 10.1 Å². The molecule has 1 saturated carbocycles. The zero-order valence-electron chi connectivity index (χ0n) is 9.88. The van der Waals surface area contributed by atoms with Crippen LogP contribution in [0.3, 0.4) is 0 Å². The maximum Gasteiger partial charge on any atom is 0.147 e. The van der Waals surface area contributed by atoms with Gasteiger partial charge in [0, 0.05) is 6.54 Å². The van der Waals surface area contributed by atoms with Gasteiger partial charge >= 0.3 is 0 Å². The topological polar surface area (TPSA) is 35.8 Å². The third-order valence-electron chi connectivity index (χ3n) is 3.44. The number of rotatable bonds is 4. The Morgan fingerprint density at radius 2 is 2.12 bits per heavy atom. The molecule has 1 aromatic carbocycles. The SMILES string of the molecule is N#Cc1ccc(NCCC2CCCC2)c(F)c1. The van der Waals surface area contributed by atoms with Gasteiger partial charge in [-0.25, -0.2) is 4.39 Å². The monoisotopic (exact) mass is 232 g/mol.